The molecule has 2 aromatic rings. The van der Waals surface area contributed by atoms with Gasteiger partial charge in [0.15, 0.2) is 0 Å². The van der Waals surface area contributed by atoms with Crippen LogP contribution in [-0.4, -0.2) is 4.83 Å². The first-order chi connectivity index (χ1) is 9.63. The molecule has 3 rings (SSSR count). The Morgan fingerprint density at radius 2 is 1.80 bits per heavy atom. The molecule has 0 nitrogen and oxygen atoms in total. The molecule has 0 saturated heterocycles. The van der Waals surface area contributed by atoms with Crippen LogP contribution < -0.4 is 0 Å². The third-order valence-electron chi connectivity index (χ3n) is 4.18. The van der Waals surface area contributed by atoms with Gasteiger partial charge < -0.3 is 0 Å². The van der Waals surface area contributed by atoms with E-state index in [1.54, 1.807) is 12.1 Å². The fourth-order valence-corrected chi connectivity index (χ4v) is 4.08. The van der Waals surface area contributed by atoms with Crippen LogP contribution in [0, 0.1) is 5.82 Å². The minimum atomic E-state index is -0.217. The molecule has 104 valence electrons. The van der Waals surface area contributed by atoms with Crippen LogP contribution in [0.3, 0.4) is 0 Å². The first-order valence-electron chi connectivity index (χ1n) is 6.76. The molecule has 1 unspecified atom stereocenters. The largest absolute Gasteiger partial charge is 0.207 e. The van der Waals surface area contributed by atoms with Crippen molar-refractivity contribution >= 4 is 27.5 Å². The predicted molar refractivity (Wildman–Crippen MR) is 85.2 cm³/mol. The van der Waals surface area contributed by atoms with Crippen LogP contribution in [0.5, 0.6) is 0 Å². The molecule has 1 atom stereocenters. The Balaban J connectivity index is 1.85. The predicted octanol–water partition coefficient (Wildman–Crippen LogP) is 5.52. The van der Waals surface area contributed by atoms with Crippen molar-refractivity contribution in [3.8, 4) is 0 Å². The van der Waals surface area contributed by atoms with Gasteiger partial charge in [0.25, 0.3) is 0 Å². The van der Waals surface area contributed by atoms with Crippen molar-refractivity contribution in [3.63, 3.8) is 0 Å². The quantitative estimate of drug-likeness (QED) is 0.635. The minimum absolute atomic E-state index is 0.132. The Labute approximate surface area is 132 Å². The summed E-state index contributed by atoms with van der Waals surface area (Å²) in [5.74, 6) is -0.217. The molecule has 1 fully saturated rings. The van der Waals surface area contributed by atoms with Crippen LogP contribution in [0.15, 0.2) is 48.5 Å². The van der Waals surface area contributed by atoms with Gasteiger partial charge in [-0.1, -0.05) is 63.9 Å². The molecule has 0 aromatic heterocycles. The molecule has 0 spiro atoms. The third-order valence-corrected chi connectivity index (χ3v) is 5.74. The van der Waals surface area contributed by atoms with Gasteiger partial charge in [-0.05, 0) is 37.0 Å². The Morgan fingerprint density at radius 3 is 2.40 bits per heavy atom. The molecule has 0 heterocycles. The third kappa shape index (κ3) is 2.51. The van der Waals surface area contributed by atoms with Gasteiger partial charge in [0.05, 0.1) is 0 Å². The highest BCUT2D eigenvalue weighted by molar-refractivity contribution is 9.09. The van der Waals surface area contributed by atoms with Crippen LogP contribution >= 0.6 is 27.5 Å². The number of hydrogen-bond donors (Lipinski definition) is 0. The number of halogens is 3. The summed E-state index contributed by atoms with van der Waals surface area (Å²) < 4.78 is 13.9. The molecule has 0 amide bonds. The van der Waals surface area contributed by atoms with E-state index in [1.807, 2.05) is 6.07 Å². The summed E-state index contributed by atoms with van der Waals surface area (Å²) >= 11 is 9.91. The highest BCUT2D eigenvalue weighted by atomic mass is 79.9. The molecule has 0 aliphatic heterocycles. The van der Waals surface area contributed by atoms with Gasteiger partial charge in [0, 0.05) is 20.8 Å². The van der Waals surface area contributed by atoms with Crippen molar-refractivity contribution < 1.29 is 4.39 Å². The Kier molecular flexibility index (Phi) is 3.87. The lowest BCUT2D eigenvalue weighted by atomic mass is 9.89. The summed E-state index contributed by atoms with van der Waals surface area (Å²) in [6.45, 7) is 0. The van der Waals surface area contributed by atoms with E-state index in [1.165, 1.54) is 11.6 Å². The second-order valence-corrected chi connectivity index (χ2v) is 6.91. The standard InChI is InChI=1S/C17H15BrClF/c18-16(11-13-14(19)7-4-8-15(13)20)17(9-10-17)12-5-2-1-3-6-12/h1-8,16H,9-11H2. The molecule has 1 saturated carbocycles. The van der Waals surface area contributed by atoms with E-state index in [-0.39, 0.29) is 16.1 Å². The van der Waals surface area contributed by atoms with E-state index in [4.69, 9.17) is 11.6 Å². The van der Waals surface area contributed by atoms with Crippen LogP contribution in [-0.2, 0) is 11.8 Å². The van der Waals surface area contributed by atoms with Crippen molar-refractivity contribution in [3.05, 3.63) is 70.5 Å². The average Bonchev–Trinajstić information content (AvgIpc) is 3.25. The zero-order valence-electron chi connectivity index (χ0n) is 11.0. The summed E-state index contributed by atoms with van der Waals surface area (Å²) in [5.41, 5.74) is 2.07. The molecule has 0 radical (unpaired) electrons. The number of hydrogen-bond acceptors (Lipinski definition) is 0. The summed E-state index contributed by atoms with van der Waals surface area (Å²) in [4.78, 5) is 0.201. The SMILES string of the molecule is Fc1cccc(Cl)c1CC(Br)C1(c2ccccc2)CC1. The van der Waals surface area contributed by atoms with Crippen LogP contribution in [0.2, 0.25) is 5.02 Å². The minimum Gasteiger partial charge on any atom is -0.207 e. The smallest absolute Gasteiger partial charge is 0.127 e. The highest BCUT2D eigenvalue weighted by Gasteiger charge is 2.49. The van der Waals surface area contributed by atoms with Gasteiger partial charge in [0.1, 0.15) is 5.82 Å². The van der Waals surface area contributed by atoms with Gasteiger partial charge in [-0.15, -0.1) is 0 Å². The van der Waals surface area contributed by atoms with Crippen molar-refractivity contribution in [2.75, 3.05) is 0 Å². The fraction of sp³-hybridized carbons (Fsp3) is 0.294. The topological polar surface area (TPSA) is 0 Å². The maximum absolute atomic E-state index is 13.9. The first kappa shape index (κ1) is 14.1. The van der Waals surface area contributed by atoms with Gasteiger partial charge in [0.2, 0.25) is 0 Å². The van der Waals surface area contributed by atoms with E-state index in [9.17, 15) is 4.39 Å². The Hall–Kier alpha value is -0.860. The lowest BCUT2D eigenvalue weighted by Crippen LogP contribution is -2.23. The number of alkyl halides is 1. The fourth-order valence-electron chi connectivity index (χ4n) is 2.79. The van der Waals surface area contributed by atoms with E-state index in [0.29, 0.717) is 17.0 Å². The maximum atomic E-state index is 13.9. The van der Waals surface area contributed by atoms with Crippen LogP contribution in [0.4, 0.5) is 4.39 Å². The van der Waals surface area contributed by atoms with Gasteiger partial charge in [-0.2, -0.15) is 0 Å². The lowest BCUT2D eigenvalue weighted by molar-refractivity contribution is 0.586. The number of rotatable bonds is 4. The molecule has 0 N–H and O–H groups in total. The van der Waals surface area contributed by atoms with Crippen molar-refractivity contribution in [1.29, 1.82) is 0 Å². The number of benzene rings is 2. The Bertz CT molecular complexity index is 587. The van der Waals surface area contributed by atoms with Crippen LogP contribution in [0.25, 0.3) is 0 Å². The molecule has 1 aliphatic carbocycles. The normalized spacial score (nSPS) is 17.8. The molecular formula is C17H15BrClF. The average molecular weight is 354 g/mol. The molecule has 3 heteroatoms. The van der Waals surface area contributed by atoms with E-state index in [0.717, 1.165) is 12.8 Å². The summed E-state index contributed by atoms with van der Waals surface area (Å²) in [7, 11) is 0. The van der Waals surface area contributed by atoms with E-state index < -0.39 is 0 Å². The first-order valence-corrected chi connectivity index (χ1v) is 8.05. The van der Waals surface area contributed by atoms with Gasteiger partial charge in [-0.25, -0.2) is 4.39 Å². The zero-order chi connectivity index (χ0) is 14.2. The van der Waals surface area contributed by atoms with Gasteiger partial charge in [-0.3, -0.25) is 0 Å². The molecule has 20 heavy (non-hydrogen) atoms. The molecule has 0 bridgehead atoms. The van der Waals surface area contributed by atoms with Crippen molar-refractivity contribution in [2.45, 2.75) is 29.5 Å². The van der Waals surface area contributed by atoms with Crippen molar-refractivity contribution in [1.82, 2.24) is 0 Å². The second-order valence-electron chi connectivity index (χ2n) is 5.39. The second kappa shape index (κ2) is 5.50. The molecule has 1 aliphatic rings. The summed E-state index contributed by atoms with van der Waals surface area (Å²) in [6.07, 6.45) is 2.89. The monoisotopic (exact) mass is 352 g/mol. The van der Waals surface area contributed by atoms with Crippen LogP contribution in [0.1, 0.15) is 24.0 Å². The summed E-state index contributed by atoms with van der Waals surface area (Å²) in [5, 5.41) is 0.512. The zero-order valence-corrected chi connectivity index (χ0v) is 13.3. The van der Waals surface area contributed by atoms with E-state index >= 15 is 0 Å². The lowest BCUT2D eigenvalue weighted by Gasteiger charge is -2.23. The maximum Gasteiger partial charge on any atom is 0.127 e. The summed E-state index contributed by atoms with van der Waals surface area (Å²) in [6, 6.07) is 15.3. The van der Waals surface area contributed by atoms with E-state index in [2.05, 4.69) is 40.2 Å². The van der Waals surface area contributed by atoms with Crippen molar-refractivity contribution in [2.24, 2.45) is 0 Å². The molecular weight excluding hydrogens is 339 g/mol. The van der Waals surface area contributed by atoms with Gasteiger partial charge >= 0.3 is 0 Å². The Morgan fingerprint density at radius 1 is 1.10 bits per heavy atom. The highest BCUT2D eigenvalue weighted by Crippen LogP contribution is 2.54. The molecule has 2 aromatic carbocycles.